The highest BCUT2D eigenvalue weighted by Crippen LogP contribution is 2.28. The molecule has 112 valence electrons. The topological polar surface area (TPSA) is 63.2 Å². The van der Waals surface area contributed by atoms with Crippen molar-refractivity contribution in [2.45, 2.75) is 5.75 Å². The first-order valence-corrected chi connectivity index (χ1v) is 8.62. The number of thiazole rings is 1. The van der Waals surface area contributed by atoms with E-state index in [9.17, 15) is 4.79 Å². The number of carbonyl (C=O) groups is 1. The van der Waals surface area contributed by atoms with Crippen LogP contribution in [0.15, 0.2) is 23.6 Å². The Hall–Kier alpha value is -1.44. The van der Waals surface area contributed by atoms with Crippen LogP contribution in [0.2, 0.25) is 5.02 Å². The number of amides is 2. The van der Waals surface area contributed by atoms with Gasteiger partial charge in [-0.1, -0.05) is 11.6 Å². The molecule has 0 atom stereocenters. The number of nitrogens with one attached hydrogen (secondary N) is 2. The Morgan fingerprint density at radius 2 is 2.29 bits per heavy atom. The van der Waals surface area contributed by atoms with Crippen LogP contribution in [0, 0.1) is 0 Å². The Morgan fingerprint density at radius 3 is 3.00 bits per heavy atom. The maximum absolute atomic E-state index is 12.0. The predicted octanol–water partition coefficient (Wildman–Crippen LogP) is 4.31. The first-order valence-electron chi connectivity index (χ1n) is 5.97. The van der Waals surface area contributed by atoms with E-state index in [-0.39, 0.29) is 6.03 Å². The summed E-state index contributed by atoms with van der Waals surface area (Å²) in [6, 6.07) is 4.62. The molecule has 0 aliphatic rings. The van der Waals surface area contributed by atoms with E-state index in [1.165, 1.54) is 18.4 Å². The number of rotatable bonds is 5. The monoisotopic (exact) mass is 343 g/mol. The highest BCUT2D eigenvalue weighted by atomic mass is 35.5. The third-order valence-corrected chi connectivity index (χ3v) is 4.10. The van der Waals surface area contributed by atoms with Crippen molar-refractivity contribution >= 4 is 51.5 Å². The summed E-state index contributed by atoms with van der Waals surface area (Å²) >= 11 is 8.98. The number of nitrogens with zero attached hydrogens (tertiary/aromatic N) is 1. The Kier molecular flexibility index (Phi) is 5.72. The van der Waals surface area contributed by atoms with Crippen LogP contribution in [0.3, 0.4) is 0 Å². The molecule has 2 aromatic rings. The van der Waals surface area contributed by atoms with Gasteiger partial charge < -0.3 is 10.1 Å². The second-order valence-electron chi connectivity index (χ2n) is 4.00. The van der Waals surface area contributed by atoms with Gasteiger partial charge in [-0.05, 0) is 24.5 Å². The number of carbonyl (C=O) groups excluding carboxylic acids is 1. The number of ether oxygens (including phenoxy) is 1. The largest absolute Gasteiger partial charge is 0.495 e. The fraction of sp³-hybridized carbons (Fsp3) is 0.231. The molecule has 1 heterocycles. The van der Waals surface area contributed by atoms with Crippen molar-refractivity contribution in [2.75, 3.05) is 24.0 Å². The highest BCUT2D eigenvalue weighted by molar-refractivity contribution is 7.97. The first-order chi connectivity index (χ1) is 10.1. The maximum Gasteiger partial charge on any atom is 0.325 e. The average molecular weight is 344 g/mol. The zero-order valence-electron chi connectivity index (χ0n) is 11.5. The van der Waals surface area contributed by atoms with Gasteiger partial charge >= 0.3 is 6.03 Å². The quantitative estimate of drug-likeness (QED) is 0.849. The molecular formula is C13H14ClN3O2S2. The summed E-state index contributed by atoms with van der Waals surface area (Å²) in [7, 11) is 1.53. The summed E-state index contributed by atoms with van der Waals surface area (Å²) in [5, 5.41) is 8.38. The summed E-state index contributed by atoms with van der Waals surface area (Å²) in [5.74, 6) is 1.36. The van der Waals surface area contributed by atoms with Crippen molar-refractivity contribution in [3.63, 3.8) is 0 Å². The molecule has 0 aliphatic carbocycles. The van der Waals surface area contributed by atoms with Crippen molar-refractivity contribution in [3.05, 3.63) is 34.3 Å². The molecule has 0 aliphatic heterocycles. The van der Waals surface area contributed by atoms with Gasteiger partial charge in [0.05, 0.1) is 18.5 Å². The summed E-state index contributed by atoms with van der Waals surface area (Å²) in [4.78, 5) is 16.3. The van der Waals surface area contributed by atoms with Gasteiger partial charge in [0.1, 0.15) is 5.75 Å². The molecule has 0 unspecified atom stereocenters. The zero-order chi connectivity index (χ0) is 15.2. The standard InChI is InChI=1S/C13H14ClN3O2S2/c1-19-11-4-3-8(14)5-10(11)16-12(18)17-13-15-9(6-20-2)7-21-13/h3-5,7H,6H2,1-2H3,(H2,15,16,17,18). The Labute approximate surface area is 136 Å². The van der Waals surface area contributed by atoms with Gasteiger partial charge in [0.2, 0.25) is 0 Å². The number of hydrogen-bond donors (Lipinski definition) is 2. The highest BCUT2D eigenvalue weighted by Gasteiger charge is 2.10. The minimum atomic E-state index is -0.388. The minimum Gasteiger partial charge on any atom is -0.495 e. The second kappa shape index (κ2) is 7.53. The number of urea groups is 1. The number of anilines is 2. The number of thioether (sulfide) groups is 1. The van der Waals surface area contributed by atoms with Crippen LogP contribution in [0.5, 0.6) is 5.75 Å². The van der Waals surface area contributed by atoms with Gasteiger partial charge in [-0.2, -0.15) is 11.8 Å². The van der Waals surface area contributed by atoms with Crippen LogP contribution in [0.25, 0.3) is 0 Å². The number of benzene rings is 1. The molecule has 0 saturated heterocycles. The third-order valence-electron chi connectivity index (χ3n) is 2.47. The minimum absolute atomic E-state index is 0.388. The van der Waals surface area contributed by atoms with Crippen molar-refractivity contribution in [3.8, 4) is 5.75 Å². The molecule has 0 radical (unpaired) electrons. The smallest absolute Gasteiger partial charge is 0.325 e. The van der Waals surface area contributed by atoms with Gasteiger partial charge in [0.15, 0.2) is 5.13 Å². The van der Waals surface area contributed by atoms with E-state index < -0.39 is 0 Å². The lowest BCUT2D eigenvalue weighted by molar-refractivity contribution is 0.262. The van der Waals surface area contributed by atoms with Crippen LogP contribution in [-0.4, -0.2) is 24.4 Å². The Morgan fingerprint density at radius 1 is 1.48 bits per heavy atom. The number of hydrogen-bond acceptors (Lipinski definition) is 5. The van der Waals surface area contributed by atoms with E-state index in [1.54, 1.807) is 30.0 Å². The lowest BCUT2D eigenvalue weighted by Crippen LogP contribution is -2.19. The predicted molar refractivity (Wildman–Crippen MR) is 90.0 cm³/mol. The summed E-state index contributed by atoms with van der Waals surface area (Å²) < 4.78 is 5.17. The molecule has 2 amide bonds. The van der Waals surface area contributed by atoms with E-state index in [2.05, 4.69) is 15.6 Å². The fourth-order valence-corrected chi connectivity index (χ4v) is 3.03. The van der Waals surface area contributed by atoms with Crippen LogP contribution in [0.4, 0.5) is 15.6 Å². The van der Waals surface area contributed by atoms with Gasteiger partial charge in [0.25, 0.3) is 0 Å². The number of methoxy groups -OCH3 is 1. The second-order valence-corrected chi connectivity index (χ2v) is 6.16. The molecule has 5 nitrogen and oxygen atoms in total. The molecule has 0 saturated carbocycles. The molecule has 0 bridgehead atoms. The van der Waals surface area contributed by atoms with Gasteiger partial charge in [-0.25, -0.2) is 9.78 Å². The molecule has 8 heteroatoms. The van der Waals surface area contributed by atoms with Crippen molar-refractivity contribution in [1.29, 1.82) is 0 Å². The van der Waals surface area contributed by atoms with Crippen LogP contribution >= 0.6 is 34.7 Å². The maximum atomic E-state index is 12.0. The summed E-state index contributed by atoms with van der Waals surface area (Å²) in [6.07, 6.45) is 2.00. The molecular weight excluding hydrogens is 330 g/mol. The molecule has 2 rings (SSSR count). The van der Waals surface area contributed by atoms with E-state index >= 15 is 0 Å². The lowest BCUT2D eigenvalue weighted by Gasteiger charge is -2.10. The van der Waals surface area contributed by atoms with E-state index in [4.69, 9.17) is 16.3 Å². The Bertz CT molecular complexity index is 634. The van der Waals surface area contributed by atoms with Crippen molar-refractivity contribution in [1.82, 2.24) is 4.98 Å². The molecule has 1 aromatic heterocycles. The first kappa shape index (κ1) is 15.9. The van der Waals surface area contributed by atoms with E-state index in [0.29, 0.717) is 21.6 Å². The van der Waals surface area contributed by atoms with Gasteiger partial charge in [-0.15, -0.1) is 11.3 Å². The summed E-state index contributed by atoms with van der Waals surface area (Å²) in [5.41, 5.74) is 1.45. The van der Waals surface area contributed by atoms with E-state index in [1.807, 2.05) is 11.6 Å². The van der Waals surface area contributed by atoms with Crippen LogP contribution in [-0.2, 0) is 5.75 Å². The van der Waals surface area contributed by atoms with Gasteiger partial charge in [-0.3, -0.25) is 5.32 Å². The Balaban J connectivity index is 2.02. The molecule has 0 fully saturated rings. The number of halogens is 1. The third kappa shape index (κ3) is 4.52. The van der Waals surface area contributed by atoms with Gasteiger partial charge in [0, 0.05) is 16.2 Å². The molecule has 21 heavy (non-hydrogen) atoms. The normalized spacial score (nSPS) is 10.2. The SMILES string of the molecule is COc1ccc(Cl)cc1NC(=O)Nc1nc(CSC)cs1. The summed E-state index contributed by atoms with van der Waals surface area (Å²) in [6.45, 7) is 0. The van der Waals surface area contributed by atoms with E-state index in [0.717, 1.165) is 11.4 Å². The molecule has 0 spiro atoms. The molecule has 1 aromatic carbocycles. The lowest BCUT2D eigenvalue weighted by atomic mass is 10.3. The molecule has 2 N–H and O–H groups in total. The zero-order valence-corrected chi connectivity index (χ0v) is 13.9. The average Bonchev–Trinajstić information content (AvgIpc) is 2.86. The van der Waals surface area contributed by atoms with Crippen molar-refractivity contribution in [2.24, 2.45) is 0 Å². The van der Waals surface area contributed by atoms with Crippen molar-refractivity contribution < 1.29 is 9.53 Å². The van der Waals surface area contributed by atoms with Crippen LogP contribution < -0.4 is 15.4 Å². The number of aromatic nitrogens is 1. The fourth-order valence-electron chi connectivity index (χ4n) is 1.61. The van der Waals surface area contributed by atoms with Crippen LogP contribution in [0.1, 0.15) is 5.69 Å².